The fourth-order valence-corrected chi connectivity index (χ4v) is 2.23. The van der Waals surface area contributed by atoms with E-state index < -0.39 is 11.6 Å². The lowest BCUT2D eigenvalue weighted by Gasteiger charge is -2.14. The Balaban J connectivity index is 2.44. The van der Waals surface area contributed by atoms with Crippen molar-refractivity contribution in [2.75, 3.05) is 0 Å². The molecule has 82 valence electrons. The summed E-state index contributed by atoms with van der Waals surface area (Å²) in [4.78, 5) is 34.9. The summed E-state index contributed by atoms with van der Waals surface area (Å²) >= 11 is 0. The quantitative estimate of drug-likeness (QED) is 0.509. The molecule has 0 unspecified atom stereocenters. The topological polar surface area (TPSA) is 51.2 Å². The number of fused-ring (bicyclic) bond motifs is 3. The van der Waals surface area contributed by atoms with Crippen LogP contribution in [0.3, 0.4) is 0 Å². The van der Waals surface area contributed by atoms with Gasteiger partial charge in [-0.05, 0) is 16.8 Å². The van der Waals surface area contributed by atoms with Crippen LogP contribution in [0.1, 0.15) is 27.1 Å². The highest BCUT2D eigenvalue weighted by Gasteiger charge is 2.31. The lowest BCUT2D eigenvalue weighted by molar-refractivity contribution is -0.114. The van der Waals surface area contributed by atoms with Gasteiger partial charge in [-0.15, -0.1) is 0 Å². The number of hydrogen-bond acceptors (Lipinski definition) is 3. The fraction of sp³-hybridized carbons (Fsp3) is 0.0714. The van der Waals surface area contributed by atoms with Crippen LogP contribution in [0.2, 0.25) is 0 Å². The third-order valence-corrected chi connectivity index (χ3v) is 3.03. The zero-order valence-electron chi connectivity index (χ0n) is 8.90. The first-order chi connectivity index (χ1) is 8.18. The second-order valence-electron chi connectivity index (χ2n) is 4.06. The Morgan fingerprint density at radius 1 is 0.824 bits per heavy atom. The first-order valence-electron chi connectivity index (χ1n) is 5.31. The van der Waals surface area contributed by atoms with E-state index >= 15 is 0 Å². The molecule has 0 heterocycles. The molecule has 0 aromatic heterocycles. The number of carbonyl (C=O) groups is 3. The van der Waals surface area contributed by atoms with Gasteiger partial charge in [0.2, 0.25) is 11.6 Å². The van der Waals surface area contributed by atoms with E-state index in [4.69, 9.17) is 0 Å². The molecule has 1 aliphatic rings. The minimum Gasteiger partial charge on any atom is -0.294 e. The van der Waals surface area contributed by atoms with E-state index in [0.29, 0.717) is 5.56 Å². The molecule has 17 heavy (non-hydrogen) atoms. The molecule has 0 saturated carbocycles. The fourth-order valence-electron chi connectivity index (χ4n) is 2.23. The molecule has 1 aliphatic carbocycles. The number of rotatable bonds is 0. The summed E-state index contributed by atoms with van der Waals surface area (Å²) < 4.78 is 0. The highest BCUT2D eigenvalue weighted by Crippen LogP contribution is 2.27. The van der Waals surface area contributed by atoms with Gasteiger partial charge in [0.1, 0.15) is 0 Å². The smallest absolute Gasteiger partial charge is 0.229 e. The Morgan fingerprint density at radius 2 is 1.59 bits per heavy atom. The molecule has 3 nitrogen and oxygen atoms in total. The summed E-state index contributed by atoms with van der Waals surface area (Å²) in [6.45, 7) is 0. The minimum atomic E-state index is -0.613. The van der Waals surface area contributed by atoms with Crippen LogP contribution in [0.5, 0.6) is 0 Å². The monoisotopic (exact) mass is 224 g/mol. The largest absolute Gasteiger partial charge is 0.294 e. The summed E-state index contributed by atoms with van der Waals surface area (Å²) in [7, 11) is 0. The van der Waals surface area contributed by atoms with Crippen LogP contribution in [0.25, 0.3) is 10.8 Å². The van der Waals surface area contributed by atoms with Crippen molar-refractivity contribution >= 4 is 28.1 Å². The van der Waals surface area contributed by atoms with Crippen molar-refractivity contribution in [3.8, 4) is 0 Å². The van der Waals surface area contributed by atoms with Crippen molar-refractivity contribution in [1.29, 1.82) is 0 Å². The van der Waals surface area contributed by atoms with Gasteiger partial charge in [-0.3, -0.25) is 14.4 Å². The van der Waals surface area contributed by atoms with Crippen molar-refractivity contribution in [3.05, 3.63) is 47.5 Å². The van der Waals surface area contributed by atoms with Crippen molar-refractivity contribution in [1.82, 2.24) is 0 Å². The van der Waals surface area contributed by atoms with Crippen molar-refractivity contribution < 1.29 is 14.4 Å². The normalized spacial score (nSPS) is 15.2. The Labute approximate surface area is 97.1 Å². The third kappa shape index (κ3) is 1.32. The van der Waals surface area contributed by atoms with E-state index in [1.165, 1.54) is 0 Å². The lowest BCUT2D eigenvalue weighted by Crippen LogP contribution is -2.26. The maximum Gasteiger partial charge on any atom is 0.229 e. The van der Waals surface area contributed by atoms with E-state index in [1.807, 2.05) is 18.2 Å². The molecule has 0 N–H and O–H groups in total. The molecular weight excluding hydrogens is 216 g/mol. The maximum atomic E-state index is 11.9. The van der Waals surface area contributed by atoms with Gasteiger partial charge in [0.25, 0.3) is 0 Å². The van der Waals surface area contributed by atoms with Crippen molar-refractivity contribution in [2.24, 2.45) is 0 Å². The van der Waals surface area contributed by atoms with Crippen LogP contribution < -0.4 is 0 Å². The van der Waals surface area contributed by atoms with Crippen LogP contribution in [0.4, 0.5) is 0 Å². The van der Waals surface area contributed by atoms with E-state index in [1.54, 1.807) is 18.2 Å². The van der Waals surface area contributed by atoms with Crippen LogP contribution >= 0.6 is 0 Å². The molecule has 0 atom stereocenters. The summed E-state index contributed by atoms with van der Waals surface area (Å²) in [5, 5.41) is 1.65. The minimum absolute atomic E-state index is 0.241. The van der Waals surface area contributed by atoms with Crippen LogP contribution in [0, 0.1) is 0 Å². The predicted molar refractivity (Wildman–Crippen MR) is 62.2 cm³/mol. The number of carbonyl (C=O) groups excluding carboxylic acids is 3. The zero-order chi connectivity index (χ0) is 12.0. The average Bonchev–Trinajstić information content (AvgIpc) is 2.35. The summed E-state index contributed by atoms with van der Waals surface area (Å²) in [6, 6.07) is 10.7. The summed E-state index contributed by atoms with van der Waals surface area (Å²) in [6.07, 6.45) is -0.306. The van der Waals surface area contributed by atoms with Crippen LogP contribution in [0.15, 0.2) is 36.4 Å². The second kappa shape index (κ2) is 3.35. The van der Waals surface area contributed by atoms with Crippen molar-refractivity contribution in [3.63, 3.8) is 0 Å². The summed E-state index contributed by atoms with van der Waals surface area (Å²) in [5.74, 6) is -1.43. The van der Waals surface area contributed by atoms with Gasteiger partial charge in [0.15, 0.2) is 5.78 Å². The lowest BCUT2D eigenvalue weighted by atomic mass is 9.85. The zero-order valence-corrected chi connectivity index (χ0v) is 8.90. The molecule has 3 heteroatoms. The van der Waals surface area contributed by atoms with Crippen molar-refractivity contribution in [2.45, 2.75) is 6.42 Å². The molecule has 3 rings (SSSR count). The molecule has 0 saturated heterocycles. The molecule has 2 aromatic rings. The van der Waals surface area contributed by atoms with Gasteiger partial charge in [0.05, 0.1) is 6.42 Å². The Bertz CT molecular complexity index is 683. The van der Waals surface area contributed by atoms with Gasteiger partial charge >= 0.3 is 0 Å². The number of hydrogen-bond donors (Lipinski definition) is 0. The number of ketones is 3. The molecular formula is C14H8O3. The van der Waals surface area contributed by atoms with Gasteiger partial charge < -0.3 is 0 Å². The molecule has 0 bridgehead atoms. The van der Waals surface area contributed by atoms with Crippen LogP contribution in [-0.2, 0) is 4.79 Å². The van der Waals surface area contributed by atoms with E-state index in [0.717, 1.165) is 10.8 Å². The number of benzene rings is 2. The predicted octanol–water partition coefficient (Wildman–Crippen LogP) is 2.18. The van der Waals surface area contributed by atoms with E-state index in [9.17, 15) is 14.4 Å². The van der Waals surface area contributed by atoms with Crippen LogP contribution in [-0.4, -0.2) is 17.3 Å². The Hall–Kier alpha value is -2.29. The highest BCUT2D eigenvalue weighted by molar-refractivity contribution is 6.51. The van der Waals surface area contributed by atoms with Gasteiger partial charge in [0, 0.05) is 11.1 Å². The third-order valence-electron chi connectivity index (χ3n) is 3.03. The Kier molecular flexibility index (Phi) is 1.95. The van der Waals surface area contributed by atoms with Gasteiger partial charge in [-0.25, -0.2) is 0 Å². The number of Topliss-reactive ketones (excluding diaryl/α,β-unsaturated/α-hetero) is 3. The SMILES string of the molecule is O=C1CC(=O)c2c(ccc3ccccc23)C1=O. The first-order valence-corrected chi connectivity index (χ1v) is 5.31. The summed E-state index contributed by atoms with van der Waals surface area (Å²) in [5.41, 5.74) is 0.637. The molecule has 0 spiro atoms. The molecule has 0 fully saturated rings. The second-order valence-corrected chi connectivity index (χ2v) is 4.06. The molecule has 0 aliphatic heterocycles. The molecule has 2 aromatic carbocycles. The Morgan fingerprint density at radius 3 is 2.41 bits per heavy atom. The first kappa shape index (κ1) is 9.90. The maximum absolute atomic E-state index is 11.9. The van der Waals surface area contributed by atoms with E-state index in [2.05, 4.69) is 0 Å². The van der Waals surface area contributed by atoms with E-state index in [-0.39, 0.29) is 17.8 Å². The average molecular weight is 224 g/mol. The highest BCUT2D eigenvalue weighted by atomic mass is 16.2. The van der Waals surface area contributed by atoms with Gasteiger partial charge in [-0.2, -0.15) is 0 Å². The molecule has 0 radical (unpaired) electrons. The van der Waals surface area contributed by atoms with Gasteiger partial charge in [-0.1, -0.05) is 30.3 Å². The molecule has 0 amide bonds. The standard InChI is InChI=1S/C14H8O3/c15-11-7-12(16)14(17)10-6-5-8-3-1-2-4-9(8)13(10)11/h1-6H,7H2.